The second-order valence-electron chi connectivity index (χ2n) is 4.56. The molecule has 0 amide bonds. The minimum absolute atomic E-state index is 0.359. The number of hydrogen-bond donors (Lipinski definition) is 2. The summed E-state index contributed by atoms with van der Waals surface area (Å²) >= 11 is 0. The molecule has 92 valence electrons. The molecule has 1 aromatic rings. The van der Waals surface area contributed by atoms with E-state index in [9.17, 15) is 4.39 Å². The molecular weight excluding hydrogens is 222 g/mol. The van der Waals surface area contributed by atoms with Gasteiger partial charge in [-0.2, -0.15) is 0 Å². The van der Waals surface area contributed by atoms with Crippen LogP contribution in [0.3, 0.4) is 0 Å². The second kappa shape index (κ2) is 5.17. The van der Waals surface area contributed by atoms with E-state index in [0.29, 0.717) is 37.9 Å². The van der Waals surface area contributed by atoms with E-state index in [2.05, 4.69) is 0 Å². The highest BCUT2D eigenvalue weighted by Gasteiger charge is 2.32. The Morgan fingerprint density at radius 2 is 1.76 bits per heavy atom. The van der Waals surface area contributed by atoms with E-state index < -0.39 is 12.8 Å². The van der Waals surface area contributed by atoms with Gasteiger partial charge >= 0.3 is 7.12 Å². The third kappa shape index (κ3) is 3.28. The first-order valence-electron chi connectivity index (χ1n) is 5.81. The maximum absolute atomic E-state index is 14.3. The van der Waals surface area contributed by atoms with Crippen LogP contribution >= 0.6 is 0 Å². The molecule has 0 radical (unpaired) electrons. The van der Waals surface area contributed by atoms with Gasteiger partial charge in [0, 0.05) is 32.5 Å². The fourth-order valence-electron chi connectivity index (χ4n) is 2.09. The standard InChI is InChI=1S/C12H16BFO3/c14-12(5-7-17-8-6-12)9-10-1-3-11(4-2-10)13(15)16/h1-4,15-16H,5-9H2. The average molecular weight is 238 g/mol. The van der Waals surface area contributed by atoms with E-state index in [4.69, 9.17) is 14.8 Å². The third-order valence-electron chi connectivity index (χ3n) is 3.19. The average Bonchev–Trinajstić information content (AvgIpc) is 2.30. The Bertz CT molecular complexity index is 361. The van der Waals surface area contributed by atoms with Crippen LogP contribution in [0.4, 0.5) is 4.39 Å². The summed E-state index contributed by atoms with van der Waals surface area (Å²) in [6.07, 6.45) is 1.22. The summed E-state index contributed by atoms with van der Waals surface area (Å²) in [6, 6.07) is 6.71. The van der Waals surface area contributed by atoms with Crippen LogP contribution < -0.4 is 5.46 Å². The van der Waals surface area contributed by atoms with Crippen LogP contribution in [0, 0.1) is 0 Å². The minimum atomic E-state index is -1.47. The van der Waals surface area contributed by atoms with Crippen molar-refractivity contribution in [3.05, 3.63) is 29.8 Å². The first-order chi connectivity index (χ1) is 8.09. The third-order valence-corrected chi connectivity index (χ3v) is 3.19. The van der Waals surface area contributed by atoms with E-state index in [1.165, 1.54) is 0 Å². The Balaban J connectivity index is 2.03. The summed E-state index contributed by atoms with van der Waals surface area (Å²) in [5.74, 6) is 0. The molecule has 0 saturated carbocycles. The Morgan fingerprint density at radius 1 is 1.18 bits per heavy atom. The largest absolute Gasteiger partial charge is 0.488 e. The number of ether oxygens (including phenoxy) is 1. The fourth-order valence-corrected chi connectivity index (χ4v) is 2.09. The molecule has 5 heteroatoms. The number of alkyl halides is 1. The second-order valence-corrected chi connectivity index (χ2v) is 4.56. The molecule has 1 saturated heterocycles. The number of rotatable bonds is 3. The molecule has 1 aliphatic heterocycles. The van der Waals surface area contributed by atoms with E-state index in [1.807, 2.05) is 0 Å². The van der Waals surface area contributed by atoms with Crippen LogP contribution in [0.5, 0.6) is 0 Å². The van der Waals surface area contributed by atoms with Crippen LogP contribution in [0.25, 0.3) is 0 Å². The van der Waals surface area contributed by atoms with Gasteiger partial charge in [-0.3, -0.25) is 0 Å². The molecule has 17 heavy (non-hydrogen) atoms. The summed E-state index contributed by atoms with van der Waals surface area (Å²) in [7, 11) is -1.47. The van der Waals surface area contributed by atoms with Crippen molar-refractivity contribution in [2.75, 3.05) is 13.2 Å². The molecule has 0 aliphatic carbocycles. The normalized spacial score (nSPS) is 19.0. The van der Waals surface area contributed by atoms with Crippen molar-refractivity contribution in [2.45, 2.75) is 24.9 Å². The van der Waals surface area contributed by atoms with Crippen LogP contribution in [0.2, 0.25) is 0 Å². The highest BCUT2D eigenvalue weighted by Crippen LogP contribution is 2.29. The van der Waals surface area contributed by atoms with Crippen molar-refractivity contribution in [3.8, 4) is 0 Å². The van der Waals surface area contributed by atoms with Gasteiger partial charge in [0.25, 0.3) is 0 Å². The Kier molecular flexibility index (Phi) is 3.81. The first kappa shape index (κ1) is 12.5. The van der Waals surface area contributed by atoms with Crippen molar-refractivity contribution >= 4 is 12.6 Å². The maximum atomic E-state index is 14.3. The van der Waals surface area contributed by atoms with Gasteiger partial charge in [0.1, 0.15) is 5.67 Å². The fraction of sp³-hybridized carbons (Fsp3) is 0.500. The lowest BCUT2D eigenvalue weighted by Gasteiger charge is -2.29. The summed E-state index contributed by atoms with van der Waals surface area (Å²) in [4.78, 5) is 0. The van der Waals surface area contributed by atoms with Gasteiger partial charge in [0.05, 0.1) is 0 Å². The van der Waals surface area contributed by atoms with Crippen LogP contribution in [-0.4, -0.2) is 36.0 Å². The molecule has 2 N–H and O–H groups in total. The van der Waals surface area contributed by atoms with E-state index in [0.717, 1.165) is 5.56 Å². The van der Waals surface area contributed by atoms with Gasteiger partial charge < -0.3 is 14.8 Å². The van der Waals surface area contributed by atoms with Gasteiger partial charge in [-0.05, 0) is 11.0 Å². The number of halogens is 1. The van der Waals surface area contributed by atoms with Gasteiger partial charge in [-0.1, -0.05) is 24.3 Å². The van der Waals surface area contributed by atoms with Gasteiger partial charge in [0.15, 0.2) is 0 Å². The predicted octanol–water partition coefficient (Wildman–Crippen LogP) is 0.428. The molecule has 0 spiro atoms. The summed E-state index contributed by atoms with van der Waals surface area (Å²) < 4.78 is 19.5. The van der Waals surface area contributed by atoms with Crippen molar-refractivity contribution in [2.24, 2.45) is 0 Å². The smallest absolute Gasteiger partial charge is 0.423 e. The first-order valence-corrected chi connectivity index (χ1v) is 5.81. The lowest BCUT2D eigenvalue weighted by molar-refractivity contribution is -0.00815. The van der Waals surface area contributed by atoms with Gasteiger partial charge in [-0.15, -0.1) is 0 Å². The summed E-state index contributed by atoms with van der Waals surface area (Å²) in [5, 5.41) is 17.9. The molecule has 1 aromatic carbocycles. The molecule has 2 rings (SSSR count). The van der Waals surface area contributed by atoms with Crippen molar-refractivity contribution in [1.29, 1.82) is 0 Å². The quantitative estimate of drug-likeness (QED) is 0.750. The van der Waals surface area contributed by atoms with Crippen molar-refractivity contribution in [1.82, 2.24) is 0 Å². The molecule has 1 heterocycles. The zero-order chi connectivity index (χ0) is 12.3. The lowest BCUT2D eigenvalue weighted by atomic mass is 9.79. The van der Waals surface area contributed by atoms with E-state index >= 15 is 0 Å². The lowest BCUT2D eigenvalue weighted by Crippen LogP contribution is -2.34. The Morgan fingerprint density at radius 3 is 2.29 bits per heavy atom. The monoisotopic (exact) mass is 238 g/mol. The van der Waals surface area contributed by atoms with E-state index in [-0.39, 0.29) is 0 Å². The Labute approximate surface area is 100 Å². The van der Waals surface area contributed by atoms with Crippen molar-refractivity contribution < 1.29 is 19.2 Å². The molecule has 0 atom stereocenters. The Hall–Kier alpha value is -0.905. The minimum Gasteiger partial charge on any atom is -0.423 e. The molecule has 0 aromatic heterocycles. The highest BCUT2D eigenvalue weighted by molar-refractivity contribution is 6.58. The summed E-state index contributed by atoms with van der Waals surface area (Å²) in [5.41, 5.74) is 0.116. The highest BCUT2D eigenvalue weighted by atomic mass is 19.1. The number of hydrogen-bond acceptors (Lipinski definition) is 3. The van der Waals surface area contributed by atoms with Gasteiger partial charge in [-0.25, -0.2) is 4.39 Å². The van der Waals surface area contributed by atoms with Crippen LogP contribution in [0.1, 0.15) is 18.4 Å². The predicted molar refractivity (Wildman–Crippen MR) is 63.9 cm³/mol. The molecule has 1 aliphatic rings. The number of benzene rings is 1. The summed E-state index contributed by atoms with van der Waals surface area (Å²) in [6.45, 7) is 0.952. The molecular formula is C12H16BFO3. The van der Waals surface area contributed by atoms with E-state index in [1.54, 1.807) is 24.3 Å². The maximum Gasteiger partial charge on any atom is 0.488 e. The zero-order valence-corrected chi connectivity index (χ0v) is 9.60. The molecule has 3 nitrogen and oxygen atoms in total. The topological polar surface area (TPSA) is 49.7 Å². The molecule has 0 bridgehead atoms. The van der Waals surface area contributed by atoms with Crippen molar-refractivity contribution in [3.63, 3.8) is 0 Å². The van der Waals surface area contributed by atoms with Gasteiger partial charge in [0.2, 0.25) is 0 Å². The van der Waals surface area contributed by atoms with Crippen LogP contribution in [-0.2, 0) is 11.2 Å². The van der Waals surface area contributed by atoms with Crippen LogP contribution in [0.15, 0.2) is 24.3 Å². The zero-order valence-electron chi connectivity index (χ0n) is 9.60. The SMILES string of the molecule is OB(O)c1ccc(CC2(F)CCOCC2)cc1. The molecule has 1 fully saturated rings. The molecule has 0 unspecified atom stereocenters.